The molecule has 2 rings (SSSR count). The maximum absolute atomic E-state index is 8.87. The highest BCUT2D eigenvalue weighted by Gasteiger charge is 2.35. The third-order valence-electron chi connectivity index (χ3n) is 3.32. The van der Waals surface area contributed by atoms with Crippen molar-refractivity contribution in [2.75, 3.05) is 12.8 Å². The lowest BCUT2D eigenvalue weighted by atomic mass is 9.84. The lowest BCUT2D eigenvalue weighted by Crippen LogP contribution is -2.43. The molecular weight excluding hydrogens is 222 g/mol. The van der Waals surface area contributed by atoms with Crippen LogP contribution < -0.4 is 5.32 Å². The van der Waals surface area contributed by atoms with Crippen LogP contribution in [0.1, 0.15) is 30.8 Å². The minimum atomic E-state index is -0.0191. The molecule has 1 fully saturated rings. The summed E-state index contributed by atoms with van der Waals surface area (Å²) < 4.78 is 5.88. The first-order valence-corrected chi connectivity index (χ1v) is 6.95. The monoisotopic (exact) mass is 241 g/mol. The second-order valence-electron chi connectivity index (χ2n) is 4.37. The van der Waals surface area contributed by atoms with Crippen LogP contribution in [0.4, 0.5) is 0 Å². The third kappa shape index (κ3) is 2.62. The molecule has 0 spiro atoms. The first kappa shape index (κ1) is 12.0. The molecule has 0 radical (unpaired) electrons. The molecule has 1 aromatic heterocycles. The van der Waals surface area contributed by atoms with E-state index in [0.29, 0.717) is 10.5 Å². The maximum Gasteiger partial charge on any atom is 0.129 e. The number of hydrogen-bond donors (Lipinski definition) is 2. The molecule has 1 aromatic rings. The highest BCUT2D eigenvalue weighted by Crippen LogP contribution is 2.42. The van der Waals surface area contributed by atoms with Crippen molar-refractivity contribution in [2.45, 2.75) is 37.2 Å². The minimum absolute atomic E-state index is 0.0191. The predicted octanol–water partition coefficient (Wildman–Crippen LogP) is 2.15. The zero-order valence-corrected chi connectivity index (χ0v) is 10.5. The highest BCUT2D eigenvalue weighted by atomic mass is 32.2. The van der Waals surface area contributed by atoms with E-state index in [1.807, 2.05) is 23.9 Å². The molecule has 1 saturated carbocycles. The lowest BCUT2D eigenvalue weighted by Gasteiger charge is -2.40. The van der Waals surface area contributed by atoms with Gasteiger partial charge in [-0.25, -0.2) is 0 Å². The Bertz CT molecular complexity index is 328. The Morgan fingerprint density at radius 1 is 1.44 bits per heavy atom. The molecule has 4 heteroatoms. The van der Waals surface area contributed by atoms with Gasteiger partial charge in [-0.3, -0.25) is 0 Å². The van der Waals surface area contributed by atoms with Gasteiger partial charge in [0, 0.05) is 11.3 Å². The molecule has 0 saturated heterocycles. The fourth-order valence-electron chi connectivity index (χ4n) is 2.04. The Labute approximate surface area is 101 Å². The van der Waals surface area contributed by atoms with E-state index in [1.165, 1.54) is 19.3 Å². The summed E-state index contributed by atoms with van der Waals surface area (Å²) in [6.07, 6.45) is 6.19. The molecule has 90 valence electrons. The van der Waals surface area contributed by atoms with E-state index < -0.39 is 0 Å². The summed E-state index contributed by atoms with van der Waals surface area (Å²) in [6, 6.07) is 3.75. The van der Waals surface area contributed by atoms with Gasteiger partial charge in [0.05, 0.1) is 6.54 Å². The van der Waals surface area contributed by atoms with Gasteiger partial charge in [0.15, 0.2) is 0 Å². The van der Waals surface area contributed by atoms with E-state index in [9.17, 15) is 0 Å². The summed E-state index contributed by atoms with van der Waals surface area (Å²) in [5.41, 5.74) is 0. The maximum atomic E-state index is 8.87. The van der Waals surface area contributed by atoms with E-state index in [1.54, 1.807) is 0 Å². The molecule has 0 aliphatic heterocycles. The Morgan fingerprint density at radius 2 is 2.19 bits per heavy atom. The van der Waals surface area contributed by atoms with Gasteiger partial charge in [-0.05, 0) is 31.2 Å². The molecule has 0 bridgehead atoms. The zero-order valence-electron chi connectivity index (χ0n) is 9.66. The number of aliphatic hydroxyl groups excluding tert-OH is 1. The van der Waals surface area contributed by atoms with Crippen LogP contribution in [0.5, 0.6) is 0 Å². The molecule has 0 unspecified atom stereocenters. The van der Waals surface area contributed by atoms with Crippen LogP contribution in [-0.4, -0.2) is 22.7 Å². The average Bonchev–Trinajstić information content (AvgIpc) is 2.70. The third-order valence-corrected chi connectivity index (χ3v) is 4.74. The van der Waals surface area contributed by atoms with Gasteiger partial charge in [-0.2, -0.15) is 11.8 Å². The minimum Gasteiger partial charge on any atom is -0.462 e. The number of hydrogen-bond acceptors (Lipinski definition) is 4. The van der Waals surface area contributed by atoms with Gasteiger partial charge < -0.3 is 14.8 Å². The summed E-state index contributed by atoms with van der Waals surface area (Å²) in [4.78, 5) is 0. The van der Waals surface area contributed by atoms with E-state index in [4.69, 9.17) is 9.52 Å². The molecule has 1 aliphatic carbocycles. The zero-order chi connectivity index (χ0) is 11.4. The molecule has 1 heterocycles. The lowest BCUT2D eigenvalue weighted by molar-refractivity contribution is 0.242. The molecule has 0 atom stereocenters. The van der Waals surface area contributed by atoms with Crippen LogP contribution in [0.3, 0.4) is 0 Å². The van der Waals surface area contributed by atoms with Crippen molar-refractivity contribution < 1.29 is 9.52 Å². The van der Waals surface area contributed by atoms with Gasteiger partial charge in [-0.1, -0.05) is 6.42 Å². The van der Waals surface area contributed by atoms with E-state index >= 15 is 0 Å². The predicted molar refractivity (Wildman–Crippen MR) is 66.4 cm³/mol. The number of furan rings is 1. The van der Waals surface area contributed by atoms with Crippen molar-refractivity contribution in [3.05, 3.63) is 23.7 Å². The van der Waals surface area contributed by atoms with Gasteiger partial charge >= 0.3 is 0 Å². The fraction of sp³-hybridized carbons (Fsp3) is 0.667. The van der Waals surface area contributed by atoms with Crippen molar-refractivity contribution >= 4 is 11.8 Å². The first-order chi connectivity index (χ1) is 7.78. The topological polar surface area (TPSA) is 45.4 Å². The number of rotatable bonds is 6. The number of aliphatic hydroxyl groups is 1. The highest BCUT2D eigenvalue weighted by molar-refractivity contribution is 8.00. The normalized spacial score (nSPS) is 18.4. The Kier molecular flexibility index (Phi) is 3.95. The summed E-state index contributed by atoms with van der Waals surface area (Å²) in [7, 11) is 0. The van der Waals surface area contributed by atoms with Crippen LogP contribution in [0.25, 0.3) is 0 Å². The van der Waals surface area contributed by atoms with E-state index in [0.717, 1.165) is 18.8 Å². The molecule has 3 nitrogen and oxygen atoms in total. The van der Waals surface area contributed by atoms with E-state index in [-0.39, 0.29) is 6.61 Å². The molecule has 0 aromatic carbocycles. The molecule has 1 aliphatic rings. The largest absolute Gasteiger partial charge is 0.462 e. The summed E-state index contributed by atoms with van der Waals surface area (Å²) >= 11 is 1.97. The van der Waals surface area contributed by atoms with Crippen LogP contribution in [-0.2, 0) is 13.2 Å². The second kappa shape index (κ2) is 5.25. The van der Waals surface area contributed by atoms with Crippen LogP contribution in [0.2, 0.25) is 0 Å². The Morgan fingerprint density at radius 3 is 2.69 bits per heavy atom. The summed E-state index contributed by atoms with van der Waals surface area (Å²) in [6.45, 7) is 1.78. The SMILES string of the molecule is CSC1(CNCc2ccc(CO)o2)CCC1. The van der Waals surface area contributed by atoms with Gasteiger partial charge in [0.1, 0.15) is 18.1 Å². The van der Waals surface area contributed by atoms with Crippen molar-refractivity contribution in [1.29, 1.82) is 0 Å². The molecule has 0 amide bonds. The van der Waals surface area contributed by atoms with Crippen molar-refractivity contribution in [1.82, 2.24) is 5.32 Å². The fourth-order valence-corrected chi connectivity index (χ4v) is 2.98. The van der Waals surface area contributed by atoms with Crippen molar-refractivity contribution in [2.24, 2.45) is 0 Å². The molecule has 16 heavy (non-hydrogen) atoms. The Hall–Kier alpha value is -0.450. The number of nitrogens with one attached hydrogen (secondary N) is 1. The summed E-state index contributed by atoms with van der Waals surface area (Å²) in [5.74, 6) is 1.54. The van der Waals surface area contributed by atoms with Crippen LogP contribution in [0.15, 0.2) is 16.5 Å². The van der Waals surface area contributed by atoms with Gasteiger partial charge in [0.25, 0.3) is 0 Å². The quantitative estimate of drug-likeness (QED) is 0.801. The van der Waals surface area contributed by atoms with Gasteiger partial charge in [0.2, 0.25) is 0 Å². The Balaban J connectivity index is 1.75. The summed E-state index contributed by atoms with van der Waals surface area (Å²) in [5, 5.41) is 12.3. The molecule has 2 N–H and O–H groups in total. The van der Waals surface area contributed by atoms with Crippen LogP contribution in [0, 0.1) is 0 Å². The van der Waals surface area contributed by atoms with E-state index in [2.05, 4.69) is 11.6 Å². The number of thioether (sulfide) groups is 1. The van der Waals surface area contributed by atoms with Crippen LogP contribution >= 0.6 is 11.8 Å². The smallest absolute Gasteiger partial charge is 0.129 e. The molecular formula is C12H19NO2S. The van der Waals surface area contributed by atoms with Crippen molar-refractivity contribution in [3.8, 4) is 0 Å². The van der Waals surface area contributed by atoms with Gasteiger partial charge in [-0.15, -0.1) is 0 Å². The second-order valence-corrected chi connectivity index (χ2v) is 5.64. The first-order valence-electron chi connectivity index (χ1n) is 5.72. The van der Waals surface area contributed by atoms with Crippen molar-refractivity contribution in [3.63, 3.8) is 0 Å². The standard InChI is InChI=1S/C12H19NO2S/c1-16-12(5-2-6-12)9-13-7-10-3-4-11(8-14)15-10/h3-4,13-14H,2,5-9H2,1H3. The average molecular weight is 241 g/mol.